The SMILES string of the molecule is C=CCn1c(=O)c2cnc(Nc3ccc(N4CCC(N5CCN(c6cc7c(cc6F)C(=O)N(C6CCC(=O)NC6=O)C7=O)CC5)CC4)cc3)nc2n1-c1cccc(C(C)(C)O)n1. The number of carbonyl (C=O) groups excluding carboxylic acids is 4. The van der Waals surface area contributed by atoms with E-state index in [1.165, 1.54) is 16.9 Å². The summed E-state index contributed by atoms with van der Waals surface area (Å²) in [5.74, 6) is -2.42. The lowest BCUT2D eigenvalue weighted by molar-refractivity contribution is -0.136. The fraction of sp³-hybridized carbons (Fsp3) is 0.364. The van der Waals surface area contributed by atoms with Gasteiger partial charge < -0.3 is 20.2 Å². The van der Waals surface area contributed by atoms with Crippen LogP contribution < -0.4 is 26.0 Å². The Balaban J connectivity index is 0.814. The number of fused-ring (bicyclic) bond motifs is 2. The van der Waals surface area contributed by atoms with Crippen LogP contribution in [0.1, 0.15) is 65.9 Å². The zero-order chi connectivity index (χ0) is 43.4. The molecule has 0 bridgehead atoms. The highest BCUT2D eigenvalue weighted by Crippen LogP contribution is 2.34. The lowest BCUT2D eigenvalue weighted by atomic mass is 10.0. The molecule has 62 heavy (non-hydrogen) atoms. The molecule has 3 fully saturated rings. The Bertz CT molecular complexity index is 2690. The van der Waals surface area contributed by atoms with E-state index in [0.29, 0.717) is 60.7 Å². The van der Waals surface area contributed by atoms with Gasteiger partial charge in [-0.25, -0.2) is 23.7 Å². The molecule has 1 atom stereocenters. The number of hydrogen-bond donors (Lipinski definition) is 3. The van der Waals surface area contributed by atoms with Gasteiger partial charge in [-0.05, 0) is 81.6 Å². The van der Waals surface area contributed by atoms with Crippen LogP contribution in [-0.4, -0.2) is 114 Å². The summed E-state index contributed by atoms with van der Waals surface area (Å²) in [6.07, 6.45) is 5.07. The molecule has 9 rings (SSSR count). The van der Waals surface area contributed by atoms with Gasteiger partial charge in [0.15, 0.2) is 11.5 Å². The second-order valence-electron chi connectivity index (χ2n) is 16.6. The van der Waals surface area contributed by atoms with E-state index in [0.717, 1.165) is 48.3 Å². The molecule has 0 aliphatic carbocycles. The number of hydrogen-bond acceptors (Lipinski definition) is 13. The smallest absolute Gasteiger partial charge is 0.278 e. The van der Waals surface area contributed by atoms with Crippen molar-refractivity contribution in [2.45, 2.75) is 63.8 Å². The summed E-state index contributed by atoms with van der Waals surface area (Å²) in [6.45, 7) is 11.6. The van der Waals surface area contributed by atoms with Gasteiger partial charge in [0.25, 0.3) is 17.4 Å². The lowest BCUT2D eigenvalue weighted by Crippen LogP contribution is -2.54. The number of halogens is 1. The minimum absolute atomic E-state index is 0.00978. The van der Waals surface area contributed by atoms with Crippen molar-refractivity contribution in [2.24, 2.45) is 0 Å². The van der Waals surface area contributed by atoms with Gasteiger partial charge in [-0.15, -0.1) is 6.58 Å². The van der Waals surface area contributed by atoms with E-state index in [9.17, 15) is 29.1 Å². The molecule has 0 radical (unpaired) electrons. The lowest BCUT2D eigenvalue weighted by Gasteiger charge is -2.44. The number of benzene rings is 2. The Morgan fingerprint density at radius 2 is 1.61 bits per heavy atom. The molecule has 18 heteroatoms. The van der Waals surface area contributed by atoms with Crippen LogP contribution in [0.4, 0.5) is 27.4 Å². The summed E-state index contributed by atoms with van der Waals surface area (Å²) in [4.78, 5) is 85.4. The van der Waals surface area contributed by atoms with Crippen LogP contribution in [0.15, 0.2) is 78.2 Å². The number of piperazine rings is 1. The summed E-state index contributed by atoms with van der Waals surface area (Å²) in [5, 5.41) is 16.4. The molecule has 3 aromatic heterocycles. The quantitative estimate of drug-likeness (QED) is 0.137. The largest absolute Gasteiger partial charge is 0.384 e. The van der Waals surface area contributed by atoms with Crippen molar-refractivity contribution in [3.8, 4) is 5.82 Å². The van der Waals surface area contributed by atoms with Crippen LogP contribution in [0.25, 0.3) is 16.9 Å². The zero-order valence-corrected chi connectivity index (χ0v) is 34.4. The maximum absolute atomic E-state index is 15.5. The molecule has 4 aliphatic heterocycles. The monoisotopic (exact) mass is 843 g/mol. The van der Waals surface area contributed by atoms with Crippen LogP contribution >= 0.6 is 0 Å². The second kappa shape index (κ2) is 15.9. The van der Waals surface area contributed by atoms with Gasteiger partial charge in [-0.1, -0.05) is 12.1 Å². The van der Waals surface area contributed by atoms with Gasteiger partial charge in [0, 0.05) is 69.3 Å². The standard InChI is InChI=1S/C44H46FN11O6/c1-4-16-54-40(59)31-25-46-43(50-38(31)56(54)36-7-5-6-35(48-36)44(2,3)62)47-26-8-10-27(11-9-26)51-17-14-28(15-18-51)52-19-21-53(22-20-52)34-24-30-29(23-32(34)45)41(60)55(42(30)61)33-12-13-37(57)49-39(33)58/h4-11,23-25,28,33,62H,1,12-22H2,2-3H3,(H,46,47,50)(H,49,57,58). The molecule has 0 spiro atoms. The summed E-state index contributed by atoms with van der Waals surface area (Å²) in [6, 6.07) is 15.1. The number of amides is 4. The van der Waals surface area contributed by atoms with Gasteiger partial charge in [0.05, 0.1) is 29.1 Å². The molecular weight excluding hydrogens is 798 g/mol. The maximum atomic E-state index is 15.5. The highest BCUT2D eigenvalue weighted by Gasteiger charge is 2.45. The molecule has 7 heterocycles. The van der Waals surface area contributed by atoms with Crippen molar-refractivity contribution < 1.29 is 28.7 Å². The van der Waals surface area contributed by atoms with Crippen molar-refractivity contribution in [3.05, 3.63) is 106 Å². The first-order chi connectivity index (χ1) is 29.8. The second-order valence-corrected chi connectivity index (χ2v) is 16.6. The Morgan fingerprint density at radius 1 is 0.903 bits per heavy atom. The van der Waals surface area contributed by atoms with E-state index in [4.69, 9.17) is 4.98 Å². The van der Waals surface area contributed by atoms with Crippen molar-refractivity contribution in [1.29, 1.82) is 0 Å². The van der Waals surface area contributed by atoms with Gasteiger partial charge in [0.1, 0.15) is 22.8 Å². The Labute approximate surface area is 355 Å². The number of anilines is 4. The van der Waals surface area contributed by atoms with Gasteiger partial charge in [-0.2, -0.15) is 4.98 Å². The summed E-state index contributed by atoms with van der Waals surface area (Å²) >= 11 is 0. The number of nitrogens with one attached hydrogen (secondary N) is 2. The predicted octanol–water partition coefficient (Wildman–Crippen LogP) is 3.47. The highest BCUT2D eigenvalue weighted by atomic mass is 19.1. The number of piperidine rings is 2. The van der Waals surface area contributed by atoms with Crippen LogP contribution in [0, 0.1) is 5.82 Å². The Morgan fingerprint density at radius 3 is 2.29 bits per heavy atom. The first kappa shape index (κ1) is 40.6. The van der Waals surface area contributed by atoms with Gasteiger partial charge in [-0.3, -0.25) is 39.1 Å². The molecule has 4 aliphatic rings. The number of aromatic nitrogens is 5. The fourth-order valence-corrected chi connectivity index (χ4v) is 8.91. The van der Waals surface area contributed by atoms with Crippen molar-refractivity contribution in [2.75, 3.05) is 54.4 Å². The number of carbonyl (C=O) groups is 4. The summed E-state index contributed by atoms with van der Waals surface area (Å²) in [7, 11) is 0. The average molecular weight is 844 g/mol. The Hall–Kier alpha value is -6.79. The van der Waals surface area contributed by atoms with E-state index >= 15 is 4.39 Å². The summed E-state index contributed by atoms with van der Waals surface area (Å²) < 4.78 is 18.6. The first-order valence-corrected chi connectivity index (χ1v) is 20.7. The van der Waals surface area contributed by atoms with E-state index in [-0.39, 0.29) is 41.8 Å². The third-order valence-corrected chi connectivity index (χ3v) is 12.2. The van der Waals surface area contributed by atoms with Gasteiger partial charge in [0.2, 0.25) is 17.8 Å². The average Bonchev–Trinajstić information content (AvgIpc) is 3.67. The molecule has 4 amide bonds. The Kier molecular flexibility index (Phi) is 10.4. The minimum Gasteiger partial charge on any atom is -0.384 e. The number of pyridine rings is 1. The van der Waals surface area contributed by atoms with Crippen LogP contribution in [0.2, 0.25) is 0 Å². The van der Waals surface area contributed by atoms with Crippen LogP contribution in [0.5, 0.6) is 0 Å². The zero-order valence-electron chi connectivity index (χ0n) is 34.4. The number of nitrogens with zero attached hydrogens (tertiary/aromatic N) is 9. The maximum Gasteiger partial charge on any atom is 0.278 e. The van der Waals surface area contributed by atoms with Crippen molar-refractivity contribution >= 4 is 57.7 Å². The molecule has 1 unspecified atom stereocenters. The third-order valence-electron chi connectivity index (χ3n) is 12.2. The molecule has 3 N–H and O–H groups in total. The first-order valence-electron chi connectivity index (χ1n) is 20.7. The molecule has 2 aromatic carbocycles. The minimum atomic E-state index is -1.19. The molecule has 0 saturated carbocycles. The number of imide groups is 2. The predicted molar refractivity (Wildman–Crippen MR) is 228 cm³/mol. The van der Waals surface area contributed by atoms with E-state index < -0.39 is 41.1 Å². The van der Waals surface area contributed by atoms with Crippen LogP contribution in [-0.2, 0) is 21.7 Å². The number of rotatable bonds is 10. The number of aliphatic hydroxyl groups is 1. The van der Waals surface area contributed by atoms with Crippen molar-refractivity contribution in [1.82, 2.24) is 39.4 Å². The molecule has 17 nitrogen and oxygen atoms in total. The molecule has 5 aromatic rings. The normalized spacial score (nSPS) is 19.0. The van der Waals surface area contributed by atoms with Gasteiger partial charge >= 0.3 is 0 Å². The molecule has 3 saturated heterocycles. The topological polar surface area (TPSA) is 191 Å². The molecular formula is C44H46FN11O6. The van der Waals surface area contributed by atoms with Crippen molar-refractivity contribution in [3.63, 3.8) is 0 Å². The van der Waals surface area contributed by atoms with E-state index in [2.05, 4.69) is 49.1 Å². The van der Waals surface area contributed by atoms with Crippen LogP contribution in [0.3, 0.4) is 0 Å². The highest BCUT2D eigenvalue weighted by molar-refractivity contribution is 6.23. The molecule has 320 valence electrons. The summed E-state index contributed by atoms with van der Waals surface area (Å²) in [5.41, 5.74) is 1.42. The third kappa shape index (κ3) is 7.38. The van der Waals surface area contributed by atoms with E-state index in [1.54, 1.807) is 42.8 Å². The van der Waals surface area contributed by atoms with E-state index in [1.807, 2.05) is 17.0 Å². The fourth-order valence-electron chi connectivity index (χ4n) is 8.91. The number of allylic oxidation sites excluding steroid dienone is 1.